The number of hydrogen-bond acceptors (Lipinski definition) is 0. The number of rotatable bonds is 0. The molecule has 0 aromatic carbocycles. The molecule has 8 atom stereocenters. The lowest BCUT2D eigenvalue weighted by atomic mass is 8.60. The van der Waals surface area contributed by atoms with Crippen molar-refractivity contribution in [3.63, 3.8) is 0 Å². The third-order valence-corrected chi connectivity index (χ3v) is 22.2. The Labute approximate surface area is 197 Å². The summed E-state index contributed by atoms with van der Waals surface area (Å²) in [5.74, 6) is 0. The zero-order chi connectivity index (χ0) is 24.0. The first-order valence-corrected chi connectivity index (χ1v) is 14.0. The van der Waals surface area contributed by atoms with E-state index in [0.717, 1.165) is 0 Å². The van der Waals surface area contributed by atoms with Crippen LogP contribution in [0.5, 0.6) is 0 Å². The van der Waals surface area contributed by atoms with Gasteiger partial charge in [0.05, 0.1) is 0 Å². The van der Waals surface area contributed by atoms with Crippen LogP contribution < -0.4 is 0 Å². The van der Waals surface area contributed by atoms with E-state index >= 15 is 0 Å². The third kappa shape index (κ3) is 0.541. The van der Waals surface area contributed by atoms with Crippen LogP contribution in [-0.4, -0.2) is 0 Å². The zero-order valence-corrected chi connectivity index (χ0v) is 24.0. The minimum atomic E-state index is 0.399. The molecule has 0 aliphatic heterocycles. The van der Waals surface area contributed by atoms with E-state index in [4.69, 9.17) is 0 Å². The van der Waals surface area contributed by atoms with E-state index in [1.54, 1.807) is 0 Å². The van der Waals surface area contributed by atoms with E-state index in [0.29, 0.717) is 86.6 Å². The fourth-order valence-electron chi connectivity index (χ4n) is 22.3. The summed E-state index contributed by atoms with van der Waals surface area (Å²) in [4.78, 5) is 0. The van der Waals surface area contributed by atoms with Crippen molar-refractivity contribution in [2.45, 2.75) is 111 Å². The van der Waals surface area contributed by atoms with E-state index in [1.807, 2.05) is 0 Å². The van der Waals surface area contributed by atoms with E-state index < -0.39 is 0 Å². The number of fused-ring (bicyclic) bond motifs is 4. The Kier molecular flexibility index (Phi) is 1.82. The molecular weight excluding hydrogens is 384 g/mol. The van der Waals surface area contributed by atoms with Crippen molar-refractivity contribution in [2.24, 2.45) is 86.6 Å². The smallest absolute Gasteiger partial charge is 0.00206 e. The Morgan fingerprint density at radius 2 is 0.281 bits per heavy atom. The molecule has 0 heterocycles. The third-order valence-electron chi connectivity index (χ3n) is 22.2. The predicted molar refractivity (Wildman–Crippen MR) is 130 cm³/mol. The maximum atomic E-state index is 2.82. The maximum Gasteiger partial charge on any atom is -0.00206 e. The summed E-state index contributed by atoms with van der Waals surface area (Å²) in [5.41, 5.74) is 7.66. The highest BCUT2D eigenvalue weighted by Crippen LogP contribution is 3.44. The predicted octanol–water partition coefficient (Wildman–Crippen LogP) is 8.21. The van der Waals surface area contributed by atoms with Crippen molar-refractivity contribution in [1.82, 2.24) is 0 Å². The standard InChI is InChI=1S/C32H48/c1-17(2)21(9)23(11)18(3,4)25(13)27(15)20(7,8)28(16)26(14)19(5,6)24(12)22(17,10)29(21)30(23,25)32(27,28)31(24,26)29/h1-16H3. The minimum absolute atomic E-state index is 0.399. The monoisotopic (exact) mass is 432 g/mol. The summed E-state index contributed by atoms with van der Waals surface area (Å²) in [7, 11) is 0. The quantitative estimate of drug-likeness (QED) is 0.362. The second-order valence-electron chi connectivity index (χ2n) is 18.5. The first-order valence-electron chi connectivity index (χ1n) is 14.0. The first-order chi connectivity index (χ1) is 14.0. The van der Waals surface area contributed by atoms with Crippen LogP contribution in [0.1, 0.15) is 111 Å². The van der Waals surface area contributed by atoms with E-state index in [-0.39, 0.29) is 0 Å². The molecule has 9 rings (SSSR count). The molecule has 0 radical (unpaired) electrons. The maximum absolute atomic E-state index is 2.82. The molecule has 0 amide bonds. The van der Waals surface area contributed by atoms with Gasteiger partial charge in [-0.25, -0.2) is 0 Å². The fourth-order valence-corrected chi connectivity index (χ4v) is 22.3. The van der Waals surface area contributed by atoms with Crippen LogP contribution in [0.4, 0.5) is 0 Å². The molecule has 0 nitrogen and oxygen atoms in total. The summed E-state index contributed by atoms with van der Waals surface area (Å²) in [6, 6.07) is 0. The molecule has 0 saturated heterocycles. The molecule has 0 aromatic heterocycles. The second-order valence-corrected chi connectivity index (χ2v) is 18.5. The molecule has 9 fully saturated rings. The van der Waals surface area contributed by atoms with Crippen molar-refractivity contribution >= 4 is 0 Å². The van der Waals surface area contributed by atoms with Gasteiger partial charge in [0.1, 0.15) is 0 Å². The normalized spacial score (nSPS) is 85.5. The van der Waals surface area contributed by atoms with Crippen molar-refractivity contribution in [3.05, 3.63) is 0 Å². The molecular formula is C32H48. The summed E-state index contributed by atoms with van der Waals surface area (Å²) in [6.07, 6.45) is 0. The topological polar surface area (TPSA) is 0 Å². The molecule has 0 N–H and O–H groups in total. The van der Waals surface area contributed by atoms with Crippen LogP contribution in [0.25, 0.3) is 0 Å². The van der Waals surface area contributed by atoms with E-state index in [9.17, 15) is 0 Å². The van der Waals surface area contributed by atoms with Crippen molar-refractivity contribution < 1.29 is 0 Å². The Morgan fingerprint density at radius 3 is 0.375 bits per heavy atom. The van der Waals surface area contributed by atoms with Gasteiger partial charge in [-0.3, -0.25) is 0 Å². The van der Waals surface area contributed by atoms with Crippen LogP contribution >= 0.6 is 0 Å². The van der Waals surface area contributed by atoms with Gasteiger partial charge in [-0.15, -0.1) is 0 Å². The number of hydrogen-bond donors (Lipinski definition) is 0. The van der Waals surface area contributed by atoms with E-state index in [1.165, 1.54) is 0 Å². The Hall–Kier alpha value is 0. The molecule has 9 saturated carbocycles. The van der Waals surface area contributed by atoms with Crippen LogP contribution in [0.15, 0.2) is 0 Å². The van der Waals surface area contributed by atoms with Gasteiger partial charge in [-0.05, 0) is 86.6 Å². The molecule has 0 heteroatoms. The molecule has 176 valence electrons. The highest BCUT2D eigenvalue weighted by molar-refractivity contribution is 5.87. The fraction of sp³-hybridized carbons (Fsp3) is 1.00. The molecule has 9 aliphatic rings. The lowest BCUT2D eigenvalue weighted by molar-refractivity contribution is -0.975. The molecule has 0 aromatic rings. The highest BCUT2D eigenvalue weighted by Gasteiger charge is 3.42. The second kappa shape index (κ2) is 3.03. The minimum Gasteiger partial charge on any atom is -0.0588 e. The Morgan fingerprint density at radius 1 is 0.188 bits per heavy atom. The van der Waals surface area contributed by atoms with Crippen molar-refractivity contribution in [2.75, 3.05) is 0 Å². The van der Waals surface area contributed by atoms with Gasteiger partial charge >= 0.3 is 0 Å². The molecule has 4 spiro atoms. The largest absolute Gasteiger partial charge is 0.0588 e. The van der Waals surface area contributed by atoms with Crippen LogP contribution in [-0.2, 0) is 0 Å². The average Bonchev–Trinajstić information content (AvgIpc) is 2.68. The van der Waals surface area contributed by atoms with E-state index in [2.05, 4.69) is 111 Å². The van der Waals surface area contributed by atoms with Gasteiger partial charge in [-0.2, -0.15) is 0 Å². The lowest BCUT2D eigenvalue weighted by Gasteiger charge is -3.42. The van der Waals surface area contributed by atoms with Crippen LogP contribution in [0.3, 0.4) is 0 Å². The molecule has 0 bridgehead atoms. The summed E-state index contributed by atoms with van der Waals surface area (Å²) in [6.45, 7) is 44.3. The Balaban J connectivity index is 1.52. The SMILES string of the molecule is CC1(C)C2(C)C3(C)C(C)(C)C4(C)C5(C)C(C)(C)C6(C)C7(C)C(C)(C)C8(C)C1(C)C21C34C56C871. The van der Waals surface area contributed by atoms with Crippen LogP contribution in [0, 0.1) is 86.6 Å². The van der Waals surface area contributed by atoms with Crippen molar-refractivity contribution in [3.8, 4) is 0 Å². The van der Waals surface area contributed by atoms with Gasteiger partial charge in [0.25, 0.3) is 0 Å². The van der Waals surface area contributed by atoms with Gasteiger partial charge in [0.15, 0.2) is 0 Å². The summed E-state index contributed by atoms with van der Waals surface area (Å²) in [5, 5.41) is 0. The Bertz CT molecular complexity index is 960. The lowest BCUT2D eigenvalue weighted by Crippen LogP contribution is -3.40. The first kappa shape index (κ1) is 19.2. The highest BCUT2D eigenvalue weighted by atomic mass is 15.4. The van der Waals surface area contributed by atoms with Gasteiger partial charge in [0, 0.05) is 0 Å². The summed E-state index contributed by atoms with van der Waals surface area (Å²) >= 11 is 0. The van der Waals surface area contributed by atoms with Crippen LogP contribution in [0.2, 0.25) is 0 Å². The molecule has 32 heavy (non-hydrogen) atoms. The van der Waals surface area contributed by atoms with Gasteiger partial charge in [0.2, 0.25) is 0 Å². The van der Waals surface area contributed by atoms with Gasteiger partial charge < -0.3 is 0 Å². The molecule has 9 aliphatic carbocycles. The van der Waals surface area contributed by atoms with Crippen molar-refractivity contribution in [1.29, 1.82) is 0 Å². The van der Waals surface area contributed by atoms with Gasteiger partial charge in [-0.1, -0.05) is 111 Å². The molecule has 8 unspecified atom stereocenters. The summed E-state index contributed by atoms with van der Waals surface area (Å²) < 4.78 is 0. The average molecular weight is 433 g/mol. The zero-order valence-electron chi connectivity index (χ0n) is 24.0.